The highest BCUT2D eigenvalue weighted by molar-refractivity contribution is 7.95. The van der Waals surface area contributed by atoms with Crippen molar-refractivity contribution in [3.8, 4) is 0 Å². The maximum atomic E-state index is 11.0. The Bertz CT molecular complexity index is 140. The van der Waals surface area contributed by atoms with Gasteiger partial charge in [0.1, 0.15) is 10.7 Å². The molecule has 2 atom stereocenters. The molecule has 0 aromatic heterocycles. The third-order valence-electron chi connectivity index (χ3n) is 1.35. The number of allylic oxidation sites excluding steroid dienone is 2. The van der Waals surface area contributed by atoms with Gasteiger partial charge in [-0.25, -0.2) is 0 Å². The van der Waals surface area contributed by atoms with Crippen molar-refractivity contribution in [1.82, 2.24) is 0 Å². The van der Waals surface area contributed by atoms with Crippen LogP contribution in [0.15, 0.2) is 23.6 Å². The molecule has 0 aliphatic carbocycles. The topological polar surface area (TPSA) is 23.1 Å². The second-order valence-corrected chi connectivity index (χ2v) is 3.52. The van der Waals surface area contributed by atoms with E-state index in [1.54, 1.807) is 5.41 Å². The molecule has 1 nitrogen and oxygen atoms in total. The van der Waals surface area contributed by atoms with Crippen molar-refractivity contribution >= 4 is 11.2 Å². The molecule has 0 amide bonds. The SMILES string of the molecule is CCC1C=CC=C[S+]1[O-]. The van der Waals surface area contributed by atoms with E-state index >= 15 is 0 Å². The van der Waals surface area contributed by atoms with Crippen molar-refractivity contribution in [2.24, 2.45) is 0 Å². The van der Waals surface area contributed by atoms with Crippen LogP contribution in [-0.4, -0.2) is 9.80 Å². The molecule has 0 spiro atoms. The highest BCUT2D eigenvalue weighted by Gasteiger charge is 2.15. The van der Waals surface area contributed by atoms with Gasteiger partial charge in [-0.1, -0.05) is 13.0 Å². The van der Waals surface area contributed by atoms with Gasteiger partial charge in [-0.3, -0.25) is 0 Å². The second kappa shape index (κ2) is 3.08. The van der Waals surface area contributed by atoms with Gasteiger partial charge in [0.05, 0.1) is 0 Å². The van der Waals surface area contributed by atoms with Crippen LogP contribution in [0, 0.1) is 0 Å². The zero-order chi connectivity index (χ0) is 6.69. The molecule has 0 saturated heterocycles. The van der Waals surface area contributed by atoms with Crippen molar-refractivity contribution < 1.29 is 4.55 Å². The molecule has 0 bridgehead atoms. The summed E-state index contributed by atoms with van der Waals surface area (Å²) < 4.78 is 11.0. The minimum Gasteiger partial charge on any atom is -0.611 e. The third kappa shape index (κ3) is 1.60. The molecule has 1 aliphatic heterocycles. The van der Waals surface area contributed by atoms with Crippen LogP contribution < -0.4 is 0 Å². The summed E-state index contributed by atoms with van der Waals surface area (Å²) in [5.41, 5.74) is 0. The first kappa shape index (κ1) is 6.90. The quantitative estimate of drug-likeness (QED) is 0.510. The lowest BCUT2D eigenvalue weighted by atomic mass is 10.3. The second-order valence-electron chi connectivity index (χ2n) is 1.99. The van der Waals surface area contributed by atoms with E-state index < -0.39 is 11.2 Å². The molecule has 50 valence electrons. The van der Waals surface area contributed by atoms with Crippen molar-refractivity contribution in [3.05, 3.63) is 23.6 Å². The van der Waals surface area contributed by atoms with Gasteiger partial charge in [-0.2, -0.15) is 0 Å². The van der Waals surface area contributed by atoms with Gasteiger partial charge in [-0.05, 0) is 29.7 Å². The van der Waals surface area contributed by atoms with Crippen molar-refractivity contribution in [2.45, 2.75) is 18.6 Å². The lowest BCUT2D eigenvalue weighted by Gasteiger charge is -2.14. The Labute approximate surface area is 58.6 Å². The molecular formula is C7H10OS. The Balaban J connectivity index is 2.55. The maximum Gasteiger partial charge on any atom is 0.138 e. The van der Waals surface area contributed by atoms with Crippen molar-refractivity contribution in [2.75, 3.05) is 0 Å². The summed E-state index contributed by atoms with van der Waals surface area (Å²) in [7, 11) is 0. The Morgan fingerprint density at radius 2 is 2.33 bits per heavy atom. The molecule has 0 aromatic rings. The number of hydrogen-bond donors (Lipinski definition) is 0. The number of rotatable bonds is 1. The molecular weight excluding hydrogens is 132 g/mol. The molecule has 1 aliphatic rings. The van der Waals surface area contributed by atoms with E-state index in [0.717, 1.165) is 6.42 Å². The first-order valence-corrected chi connectivity index (χ1v) is 4.36. The molecule has 0 saturated carbocycles. The Kier molecular flexibility index (Phi) is 2.37. The fourth-order valence-electron chi connectivity index (χ4n) is 0.790. The molecule has 0 aromatic carbocycles. The van der Waals surface area contributed by atoms with Gasteiger partial charge < -0.3 is 4.55 Å². The molecule has 1 rings (SSSR count). The van der Waals surface area contributed by atoms with Crippen LogP contribution in [0.5, 0.6) is 0 Å². The first-order valence-electron chi connectivity index (χ1n) is 3.09. The summed E-state index contributed by atoms with van der Waals surface area (Å²) in [6, 6.07) is 0. The summed E-state index contributed by atoms with van der Waals surface area (Å²) in [4.78, 5) is 0. The smallest absolute Gasteiger partial charge is 0.138 e. The summed E-state index contributed by atoms with van der Waals surface area (Å²) in [5, 5.41) is 2.00. The molecule has 2 unspecified atom stereocenters. The van der Waals surface area contributed by atoms with Gasteiger partial charge in [0.2, 0.25) is 0 Å². The highest BCUT2D eigenvalue weighted by atomic mass is 32.2. The average molecular weight is 142 g/mol. The monoisotopic (exact) mass is 142 g/mol. The normalized spacial score (nSPS) is 33.1. The minimum absolute atomic E-state index is 0.259. The molecule has 0 radical (unpaired) electrons. The molecule has 2 heteroatoms. The average Bonchev–Trinajstić information content (AvgIpc) is 1.89. The molecule has 0 fully saturated rings. The standard InChI is InChI=1S/C7H10OS/c1-2-7-5-3-4-6-9(7)8/h3-7H,2H2,1H3. The van der Waals surface area contributed by atoms with E-state index in [-0.39, 0.29) is 5.25 Å². The van der Waals surface area contributed by atoms with Crippen LogP contribution >= 0.6 is 0 Å². The van der Waals surface area contributed by atoms with E-state index in [2.05, 4.69) is 0 Å². The summed E-state index contributed by atoms with van der Waals surface area (Å²) in [6.07, 6.45) is 6.75. The summed E-state index contributed by atoms with van der Waals surface area (Å²) in [6.45, 7) is 2.05. The number of hydrogen-bond acceptors (Lipinski definition) is 1. The third-order valence-corrected chi connectivity index (χ3v) is 2.86. The van der Waals surface area contributed by atoms with Gasteiger partial charge >= 0.3 is 0 Å². The zero-order valence-electron chi connectivity index (χ0n) is 5.41. The van der Waals surface area contributed by atoms with Crippen LogP contribution in [-0.2, 0) is 11.2 Å². The summed E-state index contributed by atoms with van der Waals surface area (Å²) in [5.74, 6) is 0. The van der Waals surface area contributed by atoms with Gasteiger partial charge in [-0.15, -0.1) is 0 Å². The fourth-order valence-corrected chi connectivity index (χ4v) is 1.81. The van der Waals surface area contributed by atoms with Gasteiger partial charge in [0, 0.05) is 0 Å². The van der Waals surface area contributed by atoms with Crippen LogP contribution in [0.25, 0.3) is 0 Å². The first-order chi connectivity index (χ1) is 4.34. The van der Waals surface area contributed by atoms with Crippen LogP contribution in [0.4, 0.5) is 0 Å². The maximum absolute atomic E-state index is 11.0. The van der Waals surface area contributed by atoms with Gasteiger partial charge in [0.25, 0.3) is 0 Å². The predicted molar refractivity (Wildman–Crippen MR) is 40.5 cm³/mol. The summed E-state index contributed by atoms with van der Waals surface area (Å²) >= 11 is -0.745. The van der Waals surface area contributed by atoms with Gasteiger partial charge in [0.15, 0.2) is 0 Å². The van der Waals surface area contributed by atoms with E-state index in [9.17, 15) is 4.55 Å². The van der Waals surface area contributed by atoms with E-state index in [0.29, 0.717) is 0 Å². The van der Waals surface area contributed by atoms with Crippen LogP contribution in [0.3, 0.4) is 0 Å². The van der Waals surface area contributed by atoms with E-state index in [1.807, 2.05) is 25.2 Å². The fraction of sp³-hybridized carbons (Fsp3) is 0.429. The Morgan fingerprint density at radius 1 is 1.56 bits per heavy atom. The molecule has 1 heterocycles. The Hall–Kier alpha value is -0.210. The van der Waals surface area contributed by atoms with Crippen LogP contribution in [0.2, 0.25) is 0 Å². The van der Waals surface area contributed by atoms with E-state index in [1.165, 1.54) is 0 Å². The van der Waals surface area contributed by atoms with Crippen molar-refractivity contribution in [1.29, 1.82) is 0 Å². The lowest BCUT2D eigenvalue weighted by molar-refractivity contribution is 0.594. The van der Waals surface area contributed by atoms with Crippen molar-refractivity contribution in [3.63, 3.8) is 0 Å². The largest absolute Gasteiger partial charge is 0.611 e. The minimum atomic E-state index is -0.745. The zero-order valence-corrected chi connectivity index (χ0v) is 6.23. The predicted octanol–water partition coefficient (Wildman–Crippen LogP) is 1.60. The lowest BCUT2D eigenvalue weighted by Crippen LogP contribution is -2.16. The highest BCUT2D eigenvalue weighted by Crippen LogP contribution is 2.13. The van der Waals surface area contributed by atoms with E-state index in [4.69, 9.17) is 0 Å². The molecule has 0 N–H and O–H groups in total. The van der Waals surface area contributed by atoms with Crippen LogP contribution in [0.1, 0.15) is 13.3 Å². The molecule has 9 heavy (non-hydrogen) atoms. The Morgan fingerprint density at radius 3 is 2.78 bits per heavy atom.